The Balaban J connectivity index is 2.38. The van der Waals surface area contributed by atoms with E-state index in [9.17, 15) is 8.42 Å². The van der Waals surface area contributed by atoms with E-state index in [1.165, 1.54) is 12.5 Å². The predicted molar refractivity (Wildman–Crippen MR) is 74.2 cm³/mol. The summed E-state index contributed by atoms with van der Waals surface area (Å²) in [6, 6.07) is 0.178. The molecular formula is C11H16ClN5O2S. The molecule has 9 heteroatoms. The van der Waals surface area contributed by atoms with E-state index < -0.39 is 9.05 Å². The Morgan fingerprint density at radius 2 is 2.05 bits per heavy atom. The quantitative estimate of drug-likeness (QED) is 0.782. The largest absolute Gasteiger partial charge is 0.326 e. The molecular weight excluding hydrogens is 302 g/mol. The molecule has 20 heavy (non-hydrogen) atoms. The summed E-state index contributed by atoms with van der Waals surface area (Å²) in [6.45, 7) is 6.31. The van der Waals surface area contributed by atoms with Crippen LogP contribution in [-0.2, 0) is 22.0 Å². The van der Waals surface area contributed by atoms with Gasteiger partial charge in [-0.05, 0) is 13.8 Å². The van der Waals surface area contributed by atoms with Crippen LogP contribution < -0.4 is 0 Å². The van der Waals surface area contributed by atoms with E-state index in [0.29, 0.717) is 18.8 Å². The lowest BCUT2D eigenvalue weighted by atomic mass is 10.4. The Labute approximate surface area is 122 Å². The highest BCUT2D eigenvalue weighted by molar-refractivity contribution is 8.13. The third-order valence-corrected chi connectivity index (χ3v) is 4.02. The summed E-state index contributed by atoms with van der Waals surface area (Å²) in [4.78, 5) is 8.24. The molecule has 2 aromatic heterocycles. The van der Waals surface area contributed by atoms with Gasteiger partial charge < -0.3 is 4.57 Å². The zero-order valence-electron chi connectivity index (χ0n) is 11.5. The lowest BCUT2D eigenvalue weighted by Gasteiger charge is -2.10. The van der Waals surface area contributed by atoms with Crippen molar-refractivity contribution in [1.82, 2.24) is 24.3 Å². The summed E-state index contributed by atoms with van der Waals surface area (Å²) in [5.41, 5.74) is 0. The van der Waals surface area contributed by atoms with Crippen molar-refractivity contribution in [2.24, 2.45) is 0 Å². The van der Waals surface area contributed by atoms with E-state index in [4.69, 9.17) is 10.7 Å². The van der Waals surface area contributed by atoms with E-state index in [-0.39, 0.29) is 11.1 Å². The second-order valence-electron chi connectivity index (χ2n) is 4.63. The second kappa shape index (κ2) is 5.53. The van der Waals surface area contributed by atoms with Crippen LogP contribution in [0.5, 0.6) is 0 Å². The first kappa shape index (κ1) is 15.0. The van der Waals surface area contributed by atoms with Crippen LogP contribution in [0.4, 0.5) is 0 Å². The second-order valence-corrected chi connectivity index (χ2v) is 7.14. The number of rotatable bonds is 5. The highest BCUT2D eigenvalue weighted by Crippen LogP contribution is 2.16. The number of hydrogen-bond acceptors (Lipinski definition) is 5. The first-order chi connectivity index (χ1) is 9.32. The first-order valence-corrected chi connectivity index (χ1v) is 8.53. The van der Waals surface area contributed by atoms with Gasteiger partial charge in [0.15, 0.2) is 5.03 Å². The van der Waals surface area contributed by atoms with Crippen molar-refractivity contribution in [2.45, 2.75) is 44.8 Å². The molecule has 0 saturated heterocycles. The van der Waals surface area contributed by atoms with Crippen molar-refractivity contribution in [3.8, 4) is 0 Å². The van der Waals surface area contributed by atoms with Crippen LogP contribution in [0.25, 0.3) is 0 Å². The van der Waals surface area contributed by atoms with E-state index >= 15 is 0 Å². The molecule has 0 radical (unpaired) electrons. The van der Waals surface area contributed by atoms with Crippen molar-refractivity contribution >= 4 is 19.7 Å². The summed E-state index contributed by atoms with van der Waals surface area (Å²) >= 11 is 0. The third kappa shape index (κ3) is 3.01. The zero-order chi connectivity index (χ0) is 14.9. The fourth-order valence-corrected chi connectivity index (χ4v) is 2.63. The Bertz CT molecular complexity index is 704. The predicted octanol–water partition coefficient (Wildman–Crippen LogP) is 1.59. The normalized spacial score (nSPS) is 12.2. The summed E-state index contributed by atoms with van der Waals surface area (Å²) in [7, 11) is 1.51. The number of halogens is 1. The molecule has 0 atom stereocenters. The van der Waals surface area contributed by atoms with Crippen LogP contribution in [0.1, 0.15) is 38.5 Å². The number of nitrogens with zero attached hydrogens (tertiary/aromatic N) is 5. The minimum atomic E-state index is -3.82. The van der Waals surface area contributed by atoms with Gasteiger partial charge in [-0.2, -0.15) is 5.10 Å². The summed E-state index contributed by atoms with van der Waals surface area (Å²) in [6.07, 6.45) is 3.51. The van der Waals surface area contributed by atoms with Crippen molar-refractivity contribution in [3.05, 3.63) is 24.2 Å². The average molecular weight is 318 g/mol. The van der Waals surface area contributed by atoms with Gasteiger partial charge in [0.05, 0.1) is 6.54 Å². The Hall–Kier alpha value is -1.41. The number of aryl methyl sites for hydroxylation is 1. The molecule has 0 N–H and O–H groups in total. The molecule has 0 amide bonds. The Kier molecular flexibility index (Phi) is 4.14. The molecule has 7 nitrogen and oxygen atoms in total. The molecule has 110 valence electrons. The highest BCUT2D eigenvalue weighted by Gasteiger charge is 2.18. The zero-order valence-corrected chi connectivity index (χ0v) is 13.1. The van der Waals surface area contributed by atoms with Crippen LogP contribution in [-0.4, -0.2) is 32.7 Å². The van der Waals surface area contributed by atoms with E-state index in [1.807, 2.05) is 20.8 Å². The van der Waals surface area contributed by atoms with Gasteiger partial charge in [0, 0.05) is 29.3 Å². The van der Waals surface area contributed by atoms with Crippen molar-refractivity contribution in [3.63, 3.8) is 0 Å². The van der Waals surface area contributed by atoms with Gasteiger partial charge in [-0.15, -0.1) is 0 Å². The molecule has 2 heterocycles. The first-order valence-electron chi connectivity index (χ1n) is 6.22. The van der Waals surface area contributed by atoms with E-state index in [1.54, 1.807) is 9.25 Å². The summed E-state index contributed by atoms with van der Waals surface area (Å²) < 4.78 is 26.2. The maximum atomic E-state index is 11.3. The van der Waals surface area contributed by atoms with Crippen LogP contribution in [0.3, 0.4) is 0 Å². The molecule has 0 aliphatic rings. The Morgan fingerprint density at radius 3 is 2.60 bits per heavy atom. The SMILES string of the molecule is CCc1nc(S(=O)(=O)Cl)cn1Cc1ncnn1C(C)C. The maximum Gasteiger partial charge on any atom is 0.280 e. The van der Waals surface area contributed by atoms with Crippen LogP contribution in [0, 0.1) is 0 Å². The van der Waals surface area contributed by atoms with Crippen LogP contribution in [0.2, 0.25) is 0 Å². The van der Waals surface area contributed by atoms with Crippen LogP contribution in [0.15, 0.2) is 17.6 Å². The summed E-state index contributed by atoms with van der Waals surface area (Å²) in [5.74, 6) is 1.38. The minimum Gasteiger partial charge on any atom is -0.326 e. The maximum absolute atomic E-state index is 11.3. The van der Waals surface area contributed by atoms with Crippen molar-refractivity contribution in [1.29, 1.82) is 0 Å². The van der Waals surface area contributed by atoms with E-state index in [0.717, 1.165) is 5.82 Å². The van der Waals surface area contributed by atoms with Gasteiger partial charge in [-0.25, -0.2) is 23.1 Å². The number of hydrogen-bond donors (Lipinski definition) is 0. The molecule has 0 fully saturated rings. The monoisotopic (exact) mass is 317 g/mol. The van der Waals surface area contributed by atoms with Gasteiger partial charge in [-0.1, -0.05) is 6.92 Å². The van der Waals surface area contributed by atoms with Crippen molar-refractivity contribution in [2.75, 3.05) is 0 Å². The molecule has 2 aromatic rings. The van der Waals surface area contributed by atoms with Crippen molar-refractivity contribution < 1.29 is 8.42 Å². The molecule has 0 bridgehead atoms. The molecule has 2 rings (SSSR count). The fourth-order valence-electron chi connectivity index (χ4n) is 1.94. The van der Waals surface area contributed by atoms with Gasteiger partial charge >= 0.3 is 0 Å². The third-order valence-electron chi connectivity index (χ3n) is 2.85. The lowest BCUT2D eigenvalue weighted by Crippen LogP contribution is -2.13. The van der Waals surface area contributed by atoms with Gasteiger partial charge in [0.2, 0.25) is 0 Å². The Morgan fingerprint density at radius 1 is 1.35 bits per heavy atom. The molecule has 0 unspecified atom stereocenters. The molecule has 0 aliphatic heterocycles. The lowest BCUT2D eigenvalue weighted by molar-refractivity contribution is 0.493. The van der Waals surface area contributed by atoms with Crippen LogP contribution >= 0.6 is 10.7 Å². The minimum absolute atomic E-state index is 0.133. The number of imidazole rings is 1. The highest BCUT2D eigenvalue weighted by atomic mass is 35.7. The average Bonchev–Trinajstić information content (AvgIpc) is 2.95. The smallest absolute Gasteiger partial charge is 0.280 e. The molecule has 0 aliphatic carbocycles. The molecule has 0 spiro atoms. The molecule has 0 aromatic carbocycles. The van der Waals surface area contributed by atoms with E-state index in [2.05, 4.69) is 15.1 Å². The summed E-state index contributed by atoms with van der Waals surface area (Å²) in [5, 5.41) is 4.02. The molecule has 0 saturated carbocycles. The number of aromatic nitrogens is 5. The van der Waals surface area contributed by atoms with Gasteiger partial charge in [0.25, 0.3) is 9.05 Å². The van der Waals surface area contributed by atoms with Gasteiger partial charge in [-0.3, -0.25) is 0 Å². The standard InChI is InChI=1S/C11H16ClN5O2S/c1-4-9-15-11(20(12,18)19)6-16(9)5-10-13-7-14-17(10)8(2)3/h6-8H,4-5H2,1-3H3. The fraction of sp³-hybridized carbons (Fsp3) is 0.545. The topological polar surface area (TPSA) is 82.7 Å². The van der Waals surface area contributed by atoms with Gasteiger partial charge in [0.1, 0.15) is 18.0 Å².